The fourth-order valence-corrected chi connectivity index (χ4v) is 2.64. The fraction of sp³-hybridized carbons (Fsp3) is 0.467. The van der Waals surface area contributed by atoms with Crippen molar-refractivity contribution in [1.82, 2.24) is 10.6 Å². The average molecular weight is 290 g/mol. The minimum Gasteiger partial charge on any atom is -0.399 e. The Hall–Kier alpha value is -2.24. The third kappa shape index (κ3) is 3.09. The molecular weight excluding hydrogens is 268 g/mol. The maximum atomic E-state index is 12.2. The van der Waals surface area contributed by atoms with E-state index < -0.39 is 0 Å². The molecule has 1 atom stereocenters. The fourth-order valence-electron chi connectivity index (χ4n) is 2.64. The van der Waals surface area contributed by atoms with Gasteiger partial charge in [0.2, 0.25) is 5.91 Å². The Balaban J connectivity index is 2.43. The quantitative estimate of drug-likeness (QED) is 0.714. The van der Waals surface area contributed by atoms with E-state index in [1.807, 2.05) is 18.7 Å². The van der Waals surface area contributed by atoms with E-state index >= 15 is 0 Å². The summed E-state index contributed by atoms with van der Waals surface area (Å²) in [4.78, 5) is 26.2. The molecule has 2 rings (SSSR count). The van der Waals surface area contributed by atoms with E-state index in [4.69, 9.17) is 5.73 Å². The van der Waals surface area contributed by atoms with Crippen LogP contribution in [0.2, 0.25) is 0 Å². The Morgan fingerprint density at radius 2 is 2.24 bits per heavy atom. The zero-order valence-electron chi connectivity index (χ0n) is 12.5. The van der Waals surface area contributed by atoms with Gasteiger partial charge in [0.1, 0.15) is 6.04 Å². The lowest BCUT2D eigenvalue weighted by Gasteiger charge is -2.37. The van der Waals surface area contributed by atoms with Crippen molar-refractivity contribution in [3.63, 3.8) is 0 Å². The molecule has 4 N–H and O–H groups in total. The second-order valence-corrected chi connectivity index (χ2v) is 5.04. The second kappa shape index (κ2) is 6.47. The summed E-state index contributed by atoms with van der Waals surface area (Å²) < 4.78 is 0. The molecule has 0 bridgehead atoms. The number of rotatable bonds is 4. The maximum Gasteiger partial charge on any atom is 0.253 e. The molecule has 6 nitrogen and oxygen atoms in total. The van der Waals surface area contributed by atoms with Crippen molar-refractivity contribution in [2.24, 2.45) is 0 Å². The van der Waals surface area contributed by atoms with Crippen molar-refractivity contribution in [2.45, 2.75) is 26.3 Å². The zero-order valence-corrected chi connectivity index (χ0v) is 12.5. The van der Waals surface area contributed by atoms with Crippen LogP contribution in [0.15, 0.2) is 18.2 Å². The number of nitrogens with one attached hydrogen (secondary N) is 2. The molecule has 0 radical (unpaired) electrons. The lowest BCUT2D eigenvalue weighted by molar-refractivity contribution is -0.123. The molecule has 21 heavy (non-hydrogen) atoms. The van der Waals surface area contributed by atoms with Crippen LogP contribution in [0.4, 0.5) is 11.4 Å². The van der Waals surface area contributed by atoms with E-state index in [1.165, 1.54) is 0 Å². The van der Waals surface area contributed by atoms with Gasteiger partial charge in [-0.2, -0.15) is 0 Å². The van der Waals surface area contributed by atoms with Crippen molar-refractivity contribution in [3.05, 3.63) is 23.8 Å². The number of hydrogen-bond donors (Lipinski definition) is 3. The van der Waals surface area contributed by atoms with Crippen LogP contribution in [0.3, 0.4) is 0 Å². The van der Waals surface area contributed by atoms with Crippen molar-refractivity contribution < 1.29 is 9.59 Å². The predicted molar refractivity (Wildman–Crippen MR) is 83.3 cm³/mol. The van der Waals surface area contributed by atoms with Gasteiger partial charge in [-0.15, -0.1) is 0 Å². The third-order valence-electron chi connectivity index (χ3n) is 3.63. The Morgan fingerprint density at radius 1 is 1.48 bits per heavy atom. The lowest BCUT2D eigenvalue weighted by atomic mass is 10.0. The number of nitrogen functional groups attached to an aromatic ring is 1. The molecular formula is C15H22N4O2. The van der Waals surface area contributed by atoms with Crippen molar-refractivity contribution in [1.29, 1.82) is 0 Å². The van der Waals surface area contributed by atoms with Crippen LogP contribution in [-0.2, 0) is 4.79 Å². The number of carbonyl (C=O) groups excluding carboxylic acids is 2. The van der Waals surface area contributed by atoms with E-state index in [2.05, 4.69) is 10.6 Å². The molecule has 0 saturated carbocycles. The van der Waals surface area contributed by atoms with Crippen LogP contribution in [0.1, 0.15) is 30.6 Å². The number of nitrogens with two attached hydrogens (primary N) is 1. The van der Waals surface area contributed by atoms with Gasteiger partial charge in [-0.3, -0.25) is 9.59 Å². The first-order valence-electron chi connectivity index (χ1n) is 7.30. The molecule has 1 aromatic carbocycles. The molecule has 0 aliphatic carbocycles. The molecule has 1 aliphatic rings. The molecule has 6 heteroatoms. The van der Waals surface area contributed by atoms with E-state index in [9.17, 15) is 9.59 Å². The van der Waals surface area contributed by atoms with Crippen molar-refractivity contribution in [3.8, 4) is 0 Å². The minimum absolute atomic E-state index is 0.00646. The highest BCUT2D eigenvalue weighted by Crippen LogP contribution is 2.27. The molecule has 1 fully saturated rings. The maximum absolute atomic E-state index is 12.2. The number of amides is 2. The second-order valence-electron chi connectivity index (χ2n) is 5.04. The number of piperazine rings is 1. The summed E-state index contributed by atoms with van der Waals surface area (Å²) in [5, 5.41) is 5.66. The highest BCUT2D eigenvalue weighted by molar-refractivity contribution is 6.01. The predicted octanol–water partition coefficient (Wildman–Crippen LogP) is 0.733. The smallest absolute Gasteiger partial charge is 0.253 e. The molecule has 1 heterocycles. The van der Waals surface area contributed by atoms with Crippen molar-refractivity contribution >= 4 is 23.2 Å². The third-order valence-corrected chi connectivity index (χ3v) is 3.63. The molecule has 1 unspecified atom stereocenters. The summed E-state index contributed by atoms with van der Waals surface area (Å²) >= 11 is 0. The van der Waals surface area contributed by atoms with Crippen LogP contribution >= 0.6 is 0 Å². The Bertz CT molecular complexity index is 544. The van der Waals surface area contributed by atoms with E-state index in [0.29, 0.717) is 37.3 Å². The summed E-state index contributed by atoms with van der Waals surface area (Å²) in [5.74, 6) is -0.152. The van der Waals surface area contributed by atoms with Gasteiger partial charge in [0, 0.05) is 25.3 Å². The first-order chi connectivity index (χ1) is 10.1. The van der Waals surface area contributed by atoms with Gasteiger partial charge in [0.05, 0.1) is 11.3 Å². The van der Waals surface area contributed by atoms with Crippen LogP contribution in [-0.4, -0.2) is 37.5 Å². The van der Waals surface area contributed by atoms with Gasteiger partial charge in [-0.25, -0.2) is 0 Å². The minimum atomic E-state index is -0.270. The van der Waals surface area contributed by atoms with Gasteiger partial charge < -0.3 is 21.3 Å². The number of nitrogens with zero attached hydrogens (tertiary/aromatic N) is 1. The summed E-state index contributed by atoms with van der Waals surface area (Å²) in [7, 11) is 0. The van der Waals surface area contributed by atoms with Crippen LogP contribution in [0.25, 0.3) is 0 Å². The van der Waals surface area contributed by atoms with Crippen LogP contribution in [0, 0.1) is 0 Å². The molecule has 1 aromatic rings. The van der Waals surface area contributed by atoms with Gasteiger partial charge in [0.25, 0.3) is 5.91 Å². The average Bonchev–Trinajstić information content (AvgIpc) is 2.47. The standard InChI is InChI=1S/C15H22N4O2/c1-3-12-15(21)18-7-8-19(12)13-9-10(16)5-6-11(13)14(20)17-4-2/h5-6,9,12H,3-4,7-8,16H2,1-2H3,(H,17,20)(H,18,21). The van der Waals surface area contributed by atoms with E-state index in [0.717, 1.165) is 5.69 Å². The lowest BCUT2D eigenvalue weighted by Crippen LogP contribution is -2.55. The number of hydrogen-bond acceptors (Lipinski definition) is 4. The highest BCUT2D eigenvalue weighted by Gasteiger charge is 2.30. The van der Waals surface area contributed by atoms with Gasteiger partial charge in [-0.1, -0.05) is 6.92 Å². The Labute approximate surface area is 124 Å². The van der Waals surface area contributed by atoms with E-state index in [-0.39, 0.29) is 17.9 Å². The number of anilines is 2. The largest absolute Gasteiger partial charge is 0.399 e. The molecule has 0 spiro atoms. The van der Waals surface area contributed by atoms with Gasteiger partial charge in [-0.05, 0) is 31.5 Å². The summed E-state index contributed by atoms with van der Waals surface area (Å²) in [6.45, 7) is 5.62. The molecule has 0 aromatic heterocycles. The summed E-state index contributed by atoms with van der Waals surface area (Å²) in [6.07, 6.45) is 0.676. The molecule has 1 saturated heterocycles. The SMILES string of the molecule is CCNC(=O)c1ccc(N)cc1N1CCNC(=O)C1CC. The normalized spacial score (nSPS) is 18.3. The van der Waals surface area contributed by atoms with Crippen LogP contribution in [0.5, 0.6) is 0 Å². The Morgan fingerprint density at radius 3 is 2.90 bits per heavy atom. The zero-order chi connectivity index (χ0) is 15.4. The number of benzene rings is 1. The van der Waals surface area contributed by atoms with Crippen LogP contribution < -0.4 is 21.3 Å². The monoisotopic (exact) mass is 290 g/mol. The van der Waals surface area contributed by atoms with Gasteiger partial charge >= 0.3 is 0 Å². The van der Waals surface area contributed by atoms with Crippen molar-refractivity contribution in [2.75, 3.05) is 30.3 Å². The highest BCUT2D eigenvalue weighted by atomic mass is 16.2. The summed E-state index contributed by atoms with van der Waals surface area (Å²) in [6, 6.07) is 4.92. The first kappa shape index (κ1) is 15.2. The molecule has 1 aliphatic heterocycles. The summed E-state index contributed by atoms with van der Waals surface area (Å²) in [5.41, 5.74) is 7.73. The number of carbonyl (C=O) groups is 2. The first-order valence-corrected chi connectivity index (χ1v) is 7.30. The molecule has 2 amide bonds. The molecule has 114 valence electrons. The topological polar surface area (TPSA) is 87.5 Å². The van der Waals surface area contributed by atoms with E-state index in [1.54, 1.807) is 18.2 Å². The Kier molecular flexibility index (Phi) is 4.67. The van der Waals surface area contributed by atoms with Gasteiger partial charge in [0.15, 0.2) is 0 Å².